The zero-order valence-electron chi connectivity index (χ0n) is 11.0. The number of rotatable bonds is 3. The lowest BCUT2D eigenvalue weighted by molar-refractivity contribution is -0.132. The van der Waals surface area contributed by atoms with Gasteiger partial charge in [0.05, 0.1) is 0 Å². The molecule has 0 bridgehead atoms. The van der Waals surface area contributed by atoms with E-state index in [0.29, 0.717) is 0 Å². The van der Waals surface area contributed by atoms with Crippen molar-refractivity contribution in [3.63, 3.8) is 0 Å². The molecule has 0 aromatic heterocycles. The number of hydrogen-bond acceptors (Lipinski definition) is 2. The quantitative estimate of drug-likeness (QED) is 0.927. The number of hydrogen-bond donors (Lipinski definition) is 1. The van der Waals surface area contributed by atoms with Crippen LogP contribution >= 0.6 is 15.9 Å². The molecular formula is C14H17BrN2O2. The molecule has 0 aliphatic carbocycles. The highest BCUT2D eigenvalue weighted by molar-refractivity contribution is 9.10. The van der Waals surface area contributed by atoms with Gasteiger partial charge in [0.15, 0.2) is 0 Å². The third kappa shape index (κ3) is 2.97. The molecule has 1 aliphatic rings. The summed E-state index contributed by atoms with van der Waals surface area (Å²) in [6.07, 6.45) is 0.852. The van der Waals surface area contributed by atoms with Crippen molar-refractivity contribution >= 4 is 33.4 Å². The first kappa shape index (κ1) is 14.1. The van der Waals surface area contributed by atoms with Gasteiger partial charge in [0.1, 0.15) is 12.6 Å². The molecule has 1 heterocycles. The number of nitrogens with zero attached hydrogens (tertiary/aromatic N) is 1. The van der Waals surface area contributed by atoms with Crippen molar-refractivity contribution in [2.45, 2.75) is 26.3 Å². The molecule has 1 N–H and O–H groups in total. The molecule has 5 heteroatoms. The summed E-state index contributed by atoms with van der Waals surface area (Å²) in [5.74, 6) is -0.00112. The summed E-state index contributed by atoms with van der Waals surface area (Å²) < 4.78 is 0.948. The number of anilines is 1. The molecule has 1 aliphatic heterocycles. The van der Waals surface area contributed by atoms with E-state index in [9.17, 15) is 9.59 Å². The minimum absolute atomic E-state index is 0.0312. The minimum Gasteiger partial charge on any atom is -0.342 e. The van der Waals surface area contributed by atoms with Gasteiger partial charge in [-0.2, -0.15) is 0 Å². The Bertz CT molecular complexity index is 487. The molecular weight excluding hydrogens is 308 g/mol. The maximum atomic E-state index is 12.5. The number of carbonyl (C=O) groups is 2. The average molecular weight is 325 g/mol. The van der Waals surface area contributed by atoms with E-state index in [4.69, 9.17) is 0 Å². The van der Waals surface area contributed by atoms with E-state index in [1.807, 2.05) is 38.1 Å². The van der Waals surface area contributed by atoms with Crippen molar-refractivity contribution in [1.82, 2.24) is 5.32 Å². The number of amides is 2. The summed E-state index contributed by atoms with van der Waals surface area (Å²) >= 11 is 3.36. The van der Waals surface area contributed by atoms with Crippen LogP contribution in [0.4, 0.5) is 5.69 Å². The Morgan fingerprint density at radius 2 is 2.00 bits per heavy atom. The fourth-order valence-corrected chi connectivity index (χ4v) is 2.40. The van der Waals surface area contributed by atoms with Gasteiger partial charge in [0.2, 0.25) is 11.8 Å². The lowest BCUT2D eigenvalue weighted by Crippen LogP contribution is -2.60. The molecule has 1 fully saturated rings. The molecule has 2 amide bonds. The van der Waals surface area contributed by atoms with E-state index < -0.39 is 6.04 Å². The number of benzene rings is 1. The summed E-state index contributed by atoms with van der Waals surface area (Å²) in [5.41, 5.74) is 0.761. The van der Waals surface area contributed by atoms with Crippen LogP contribution in [0.25, 0.3) is 0 Å². The van der Waals surface area contributed by atoms with Gasteiger partial charge >= 0.3 is 0 Å². The Balaban J connectivity index is 2.27. The Morgan fingerprint density at radius 1 is 1.37 bits per heavy atom. The van der Waals surface area contributed by atoms with Gasteiger partial charge in [-0.05, 0) is 30.2 Å². The van der Waals surface area contributed by atoms with Gasteiger partial charge in [0, 0.05) is 10.2 Å². The standard InChI is InChI=1S/C14H17BrN2O2/c1-3-9(2)13-14(19)17(8-12(18)16-13)11-6-4-10(15)5-7-11/h4-7,9,13H,3,8H2,1-2H3,(H,16,18). The van der Waals surface area contributed by atoms with E-state index in [-0.39, 0.29) is 24.3 Å². The lowest BCUT2D eigenvalue weighted by atomic mass is 9.96. The van der Waals surface area contributed by atoms with Crippen molar-refractivity contribution in [2.24, 2.45) is 5.92 Å². The molecule has 2 rings (SSSR count). The smallest absolute Gasteiger partial charge is 0.250 e. The highest BCUT2D eigenvalue weighted by Gasteiger charge is 2.36. The highest BCUT2D eigenvalue weighted by Crippen LogP contribution is 2.22. The van der Waals surface area contributed by atoms with Crippen LogP contribution < -0.4 is 10.2 Å². The maximum Gasteiger partial charge on any atom is 0.250 e. The van der Waals surface area contributed by atoms with Crippen LogP contribution in [0.3, 0.4) is 0 Å². The molecule has 0 radical (unpaired) electrons. The SMILES string of the molecule is CCC(C)C1NC(=O)CN(c2ccc(Br)cc2)C1=O. The topological polar surface area (TPSA) is 49.4 Å². The molecule has 1 aromatic carbocycles. The highest BCUT2D eigenvalue weighted by atomic mass is 79.9. The monoisotopic (exact) mass is 324 g/mol. The van der Waals surface area contributed by atoms with Gasteiger partial charge in [-0.1, -0.05) is 36.2 Å². The average Bonchev–Trinajstić information content (AvgIpc) is 2.41. The number of piperazine rings is 1. The first-order valence-electron chi connectivity index (χ1n) is 6.39. The summed E-state index contributed by atoms with van der Waals surface area (Å²) in [4.78, 5) is 25.8. The van der Waals surface area contributed by atoms with Crippen LogP contribution in [-0.2, 0) is 9.59 Å². The predicted octanol–water partition coefficient (Wildman–Crippen LogP) is 2.33. The Hall–Kier alpha value is -1.36. The van der Waals surface area contributed by atoms with Crippen LogP contribution in [0.1, 0.15) is 20.3 Å². The van der Waals surface area contributed by atoms with Gasteiger partial charge in [0.25, 0.3) is 0 Å². The summed E-state index contributed by atoms with van der Waals surface area (Å²) in [6, 6.07) is 7.00. The fraction of sp³-hybridized carbons (Fsp3) is 0.429. The molecule has 4 nitrogen and oxygen atoms in total. The second-order valence-electron chi connectivity index (χ2n) is 4.83. The Kier molecular flexibility index (Phi) is 4.24. The number of halogens is 1. The second kappa shape index (κ2) is 5.74. The summed E-state index contributed by atoms with van der Waals surface area (Å²) in [6.45, 7) is 4.09. The number of carbonyl (C=O) groups excluding carboxylic acids is 2. The van der Waals surface area contributed by atoms with Gasteiger partial charge in [-0.25, -0.2) is 0 Å². The van der Waals surface area contributed by atoms with E-state index in [1.54, 1.807) is 4.90 Å². The van der Waals surface area contributed by atoms with E-state index in [1.165, 1.54) is 0 Å². The summed E-state index contributed by atoms with van der Waals surface area (Å²) in [7, 11) is 0. The van der Waals surface area contributed by atoms with Crippen molar-refractivity contribution < 1.29 is 9.59 Å². The minimum atomic E-state index is -0.421. The zero-order chi connectivity index (χ0) is 14.0. The van der Waals surface area contributed by atoms with Crippen molar-refractivity contribution in [3.8, 4) is 0 Å². The molecule has 102 valence electrons. The molecule has 0 spiro atoms. The normalized spacial score (nSPS) is 21.2. The first-order valence-corrected chi connectivity index (χ1v) is 7.18. The van der Waals surface area contributed by atoms with Crippen LogP contribution in [-0.4, -0.2) is 24.4 Å². The van der Waals surface area contributed by atoms with Crippen molar-refractivity contribution in [3.05, 3.63) is 28.7 Å². The van der Waals surface area contributed by atoms with Crippen molar-refractivity contribution in [2.75, 3.05) is 11.4 Å². The Labute approximate surface area is 121 Å². The van der Waals surface area contributed by atoms with E-state index >= 15 is 0 Å². The molecule has 1 aromatic rings. The second-order valence-corrected chi connectivity index (χ2v) is 5.75. The lowest BCUT2D eigenvalue weighted by Gasteiger charge is -2.35. The first-order chi connectivity index (χ1) is 9.02. The van der Waals surface area contributed by atoms with E-state index in [2.05, 4.69) is 21.2 Å². The van der Waals surface area contributed by atoms with Crippen LogP contribution in [0, 0.1) is 5.92 Å². The van der Waals surface area contributed by atoms with Crippen LogP contribution in [0.15, 0.2) is 28.7 Å². The number of nitrogens with one attached hydrogen (secondary N) is 1. The predicted molar refractivity (Wildman–Crippen MR) is 77.9 cm³/mol. The van der Waals surface area contributed by atoms with Gasteiger partial charge in [-0.3, -0.25) is 9.59 Å². The largest absolute Gasteiger partial charge is 0.342 e. The van der Waals surface area contributed by atoms with Crippen LogP contribution in [0.5, 0.6) is 0 Å². The Morgan fingerprint density at radius 3 is 2.58 bits per heavy atom. The molecule has 1 saturated heterocycles. The van der Waals surface area contributed by atoms with Gasteiger partial charge in [-0.15, -0.1) is 0 Å². The third-order valence-electron chi connectivity index (χ3n) is 3.50. The molecule has 2 unspecified atom stereocenters. The third-order valence-corrected chi connectivity index (χ3v) is 4.03. The molecule has 2 atom stereocenters. The van der Waals surface area contributed by atoms with Crippen molar-refractivity contribution in [1.29, 1.82) is 0 Å². The molecule has 0 saturated carbocycles. The summed E-state index contributed by atoms with van der Waals surface area (Å²) in [5, 5.41) is 2.79. The van der Waals surface area contributed by atoms with Gasteiger partial charge < -0.3 is 10.2 Å². The zero-order valence-corrected chi connectivity index (χ0v) is 12.6. The molecule has 19 heavy (non-hydrogen) atoms. The maximum absolute atomic E-state index is 12.5. The fourth-order valence-electron chi connectivity index (χ4n) is 2.13. The van der Waals surface area contributed by atoms with Crippen LogP contribution in [0.2, 0.25) is 0 Å². The van der Waals surface area contributed by atoms with E-state index in [0.717, 1.165) is 16.6 Å².